The lowest BCUT2D eigenvalue weighted by Crippen LogP contribution is -2.13. The Balaban J connectivity index is 1.95. The second-order valence-electron chi connectivity index (χ2n) is 7.97. The van der Waals surface area contributed by atoms with Crippen molar-refractivity contribution in [3.8, 4) is 28.2 Å². The zero-order valence-electron chi connectivity index (χ0n) is 16.4. The van der Waals surface area contributed by atoms with E-state index in [1.165, 1.54) is 9.13 Å². The van der Waals surface area contributed by atoms with E-state index in [1.807, 2.05) is 12.1 Å². The van der Waals surface area contributed by atoms with Crippen LogP contribution in [0.5, 0.6) is 0 Å². The van der Waals surface area contributed by atoms with Crippen molar-refractivity contribution >= 4 is 22.6 Å². The lowest BCUT2D eigenvalue weighted by atomic mass is 9.87. The van der Waals surface area contributed by atoms with Crippen molar-refractivity contribution in [2.75, 3.05) is 0 Å². The van der Waals surface area contributed by atoms with E-state index in [-0.39, 0.29) is 5.41 Å². The number of hydrogen-bond acceptors (Lipinski definition) is 1. The molecule has 0 bridgehead atoms. The maximum absolute atomic E-state index is 5.02. The van der Waals surface area contributed by atoms with Crippen LogP contribution in [0, 0.1) is 3.57 Å². The Morgan fingerprint density at radius 2 is 1.36 bits per heavy atom. The maximum Gasteiger partial charge on any atom is 0.0934 e. The van der Waals surface area contributed by atoms with E-state index in [1.54, 1.807) is 0 Å². The highest BCUT2D eigenvalue weighted by atomic mass is 127. The smallest absolute Gasteiger partial charge is 0.0934 e. The number of nitrogens with zero attached hydrogens (tertiary/aromatic N) is 2. The highest BCUT2D eigenvalue weighted by Crippen LogP contribution is 2.32. The molecule has 0 atom stereocenters. The fourth-order valence-corrected chi connectivity index (χ4v) is 3.83. The third-order valence-electron chi connectivity index (χ3n) is 4.89. The van der Waals surface area contributed by atoms with Gasteiger partial charge in [-0.1, -0.05) is 87.5 Å². The monoisotopic (exact) mass is 478 g/mol. The predicted octanol–water partition coefficient (Wildman–Crippen LogP) is 7.11. The Hall–Kier alpha value is -2.40. The predicted molar refractivity (Wildman–Crippen MR) is 126 cm³/mol. The summed E-state index contributed by atoms with van der Waals surface area (Å²) in [6.07, 6.45) is 0. The van der Waals surface area contributed by atoms with Gasteiger partial charge in [-0.15, -0.1) is 0 Å². The van der Waals surface area contributed by atoms with Gasteiger partial charge in [0, 0.05) is 14.7 Å². The molecule has 0 aliphatic carbocycles. The molecule has 2 nitrogen and oxygen atoms in total. The molecule has 0 amide bonds. The van der Waals surface area contributed by atoms with E-state index in [2.05, 4.69) is 121 Å². The number of rotatable bonds is 3. The molecule has 3 aromatic carbocycles. The van der Waals surface area contributed by atoms with Gasteiger partial charge in [0.15, 0.2) is 0 Å². The summed E-state index contributed by atoms with van der Waals surface area (Å²) in [7, 11) is 0. The number of aromatic nitrogens is 2. The average Bonchev–Trinajstić information content (AvgIpc) is 3.14. The molecule has 4 rings (SSSR count). The first-order valence-electron chi connectivity index (χ1n) is 9.45. The molecule has 1 aromatic heterocycles. The van der Waals surface area contributed by atoms with E-state index < -0.39 is 0 Å². The fourth-order valence-electron chi connectivity index (χ4n) is 3.27. The molecule has 0 saturated heterocycles. The van der Waals surface area contributed by atoms with Crippen LogP contribution >= 0.6 is 22.6 Å². The number of halogens is 1. The molecule has 0 saturated carbocycles. The summed E-state index contributed by atoms with van der Waals surface area (Å²) in [6.45, 7) is 6.74. The molecular formula is C25H23IN2. The topological polar surface area (TPSA) is 17.8 Å². The van der Waals surface area contributed by atoms with Crippen molar-refractivity contribution in [1.29, 1.82) is 0 Å². The summed E-state index contributed by atoms with van der Waals surface area (Å²) in [5.74, 6) is 0. The summed E-state index contributed by atoms with van der Waals surface area (Å²) in [4.78, 5) is 0. The van der Waals surface area contributed by atoms with Gasteiger partial charge in [0.05, 0.1) is 17.1 Å². The van der Waals surface area contributed by atoms with Gasteiger partial charge in [-0.05, 0) is 51.8 Å². The minimum atomic E-state index is 0.0847. The van der Waals surface area contributed by atoms with Crippen LogP contribution in [0.25, 0.3) is 28.2 Å². The Kier molecular flexibility index (Phi) is 5.11. The van der Waals surface area contributed by atoms with E-state index in [9.17, 15) is 0 Å². The normalized spacial score (nSPS) is 11.6. The van der Waals surface area contributed by atoms with Gasteiger partial charge in [0.25, 0.3) is 0 Å². The lowest BCUT2D eigenvalue weighted by Gasteiger charge is -2.21. The van der Waals surface area contributed by atoms with E-state index in [0.717, 1.165) is 28.2 Å². The first-order valence-corrected chi connectivity index (χ1v) is 10.5. The van der Waals surface area contributed by atoms with Gasteiger partial charge in [-0.3, -0.25) is 0 Å². The molecule has 140 valence electrons. The van der Waals surface area contributed by atoms with E-state index >= 15 is 0 Å². The zero-order chi connectivity index (χ0) is 19.7. The van der Waals surface area contributed by atoms with Crippen molar-refractivity contribution in [3.05, 3.63) is 94.1 Å². The standard InChI is InChI=1S/C25H23IN2/c1-25(2,3)20-14-15-21(26)24(16-20)28-23(19-12-8-5-9-13-19)17-22(27-28)18-10-6-4-7-11-18/h4-17H,1-3H3. The highest BCUT2D eigenvalue weighted by Gasteiger charge is 2.19. The Labute approximate surface area is 180 Å². The van der Waals surface area contributed by atoms with Gasteiger partial charge in [-0.2, -0.15) is 5.10 Å². The average molecular weight is 478 g/mol. The number of hydrogen-bond donors (Lipinski definition) is 0. The lowest BCUT2D eigenvalue weighted by molar-refractivity contribution is 0.589. The van der Waals surface area contributed by atoms with Crippen LogP contribution in [0.1, 0.15) is 26.3 Å². The maximum atomic E-state index is 5.02. The van der Waals surface area contributed by atoms with Gasteiger partial charge in [0.1, 0.15) is 0 Å². The van der Waals surface area contributed by atoms with Gasteiger partial charge in [-0.25, -0.2) is 4.68 Å². The molecule has 0 aliphatic rings. The molecule has 0 N–H and O–H groups in total. The van der Waals surface area contributed by atoms with Crippen molar-refractivity contribution in [2.24, 2.45) is 0 Å². The second kappa shape index (κ2) is 7.55. The van der Waals surface area contributed by atoms with Crippen LogP contribution in [0.2, 0.25) is 0 Å². The van der Waals surface area contributed by atoms with Crippen LogP contribution in [-0.4, -0.2) is 9.78 Å². The Bertz CT molecular complexity index is 1090. The molecule has 0 unspecified atom stereocenters. The Morgan fingerprint density at radius 1 is 0.750 bits per heavy atom. The van der Waals surface area contributed by atoms with Crippen molar-refractivity contribution in [2.45, 2.75) is 26.2 Å². The second-order valence-corrected chi connectivity index (χ2v) is 9.14. The molecule has 0 radical (unpaired) electrons. The molecule has 4 aromatic rings. The fraction of sp³-hybridized carbons (Fsp3) is 0.160. The van der Waals surface area contributed by atoms with Crippen LogP contribution in [0.3, 0.4) is 0 Å². The highest BCUT2D eigenvalue weighted by molar-refractivity contribution is 14.1. The molecule has 1 heterocycles. The third-order valence-corrected chi connectivity index (χ3v) is 5.80. The van der Waals surface area contributed by atoms with E-state index in [0.29, 0.717) is 0 Å². The largest absolute Gasteiger partial charge is 0.231 e. The van der Waals surface area contributed by atoms with Crippen LogP contribution in [0.4, 0.5) is 0 Å². The summed E-state index contributed by atoms with van der Waals surface area (Å²) in [5.41, 5.74) is 6.88. The third kappa shape index (κ3) is 3.76. The van der Waals surface area contributed by atoms with Gasteiger partial charge < -0.3 is 0 Å². The van der Waals surface area contributed by atoms with E-state index in [4.69, 9.17) is 5.10 Å². The zero-order valence-corrected chi connectivity index (χ0v) is 18.5. The minimum Gasteiger partial charge on any atom is -0.231 e. The summed E-state index contributed by atoms with van der Waals surface area (Å²) in [5, 5.41) is 5.02. The molecule has 0 spiro atoms. The van der Waals surface area contributed by atoms with Crippen molar-refractivity contribution < 1.29 is 0 Å². The van der Waals surface area contributed by atoms with Crippen molar-refractivity contribution in [3.63, 3.8) is 0 Å². The molecular weight excluding hydrogens is 455 g/mol. The van der Waals surface area contributed by atoms with Gasteiger partial charge >= 0.3 is 0 Å². The first-order chi connectivity index (χ1) is 13.4. The summed E-state index contributed by atoms with van der Waals surface area (Å²) >= 11 is 2.41. The van der Waals surface area contributed by atoms with Crippen LogP contribution in [-0.2, 0) is 5.41 Å². The van der Waals surface area contributed by atoms with Crippen LogP contribution in [0.15, 0.2) is 84.9 Å². The molecule has 3 heteroatoms. The SMILES string of the molecule is CC(C)(C)c1ccc(I)c(-n2nc(-c3ccccc3)cc2-c2ccccc2)c1. The Morgan fingerprint density at radius 3 is 1.96 bits per heavy atom. The quantitative estimate of drug-likeness (QED) is 0.287. The molecule has 28 heavy (non-hydrogen) atoms. The summed E-state index contributed by atoms with van der Waals surface area (Å²) < 4.78 is 3.28. The molecule has 0 aliphatic heterocycles. The van der Waals surface area contributed by atoms with Crippen molar-refractivity contribution in [1.82, 2.24) is 9.78 Å². The number of benzene rings is 3. The summed E-state index contributed by atoms with van der Waals surface area (Å²) in [6, 6.07) is 29.7. The van der Waals surface area contributed by atoms with Crippen LogP contribution < -0.4 is 0 Å². The molecule has 0 fully saturated rings. The van der Waals surface area contributed by atoms with Gasteiger partial charge in [0.2, 0.25) is 0 Å². The first kappa shape index (κ1) is 18.9. The minimum absolute atomic E-state index is 0.0847.